The zero-order chi connectivity index (χ0) is 25.2. The Morgan fingerprint density at radius 3 is 2.50 bits per heavy atom. The molecule has 1 fully saturated rings. The van der Waals surface area contributed by atoms with Crippen LogP contribution in [0.2, 0.25) is 0 Å². The summed E-state index contributed by atoms with van der Waals surface area (Å²) in [4.78, 5) is 37.2. The van der Waals surface area contributed by atoms with Crippen molar-refractivity contribution in [1.29, 1.82) is 0 Å². The topological polar surface area (TPSA) is 120 Å². The van der Waals surface area contributed by atoms with Crippen LogP contribution < -0.4 is 10.6 Å². The van der Waals surface area contributed by atoms with Gasteiger partial charge in [-0.3, -0.25) is 19.5 Å². The van der Waals surface area contributed by atoms with E-state index in [2.05, 4.69) is 55.8 Å². The van der Waals surface area contributed by atoms with Crippen LogP contribution in [0.5, 0.6) is 0 Å². The molecule has 0 saturated carbocycles. The van der Waals surface area contributed by atoms with Crippen LogP contribution in [0, 0.1) is 0 Å². The van der Waals surface area contributed by atoms with Gasteiger partial charge in [-0.1, -0.05) is 43.2 Å². The normalized spacial score (nSPS) is 16.4. The van der Waals surface area contributed by atoms with Crippen molar-refractivity contribution in [2.24, 2.45) is 0 Å². The number of hydrogen-bond donors (Lipinski definition) is 3. The number of amides is 1. The maximum Gasteiger partial charge on any atom is 0.290 e. The molecule has 188 valence electrons. The Morgan fingerprint density at radius 1 is 1.06 bits per heavy atom. The molecule has 0 aliphatic carbocycles. The summed E-state index contributed by atoms with van der Waals surface area (Å²) in [6.07, 6.45) is 9.24. The Kier molecular flexibility index (Phi) is 8.93. The van der Waals surface area contributed by atoms with Crippen molar-refractivity contribution < 1.29 is 14.7 Å². The first-order chi connectivity index (χ1) is 17.7. The molecule has 4 heterocycles. The molecule has 0 radical (unpaired) electrons. The number of hydrogen-bond acceptors (Lipinski definition) is 7. The number of rotatable bonds is 6. The van der Waals surface area contributed by atoms with E-state index in [-0.39, 0.29) is 18.4 Å². The van der Waals surface area contributed by atoms with Crippen LogP contribution in [0.3, 0.4) is 0 Å². The lowest BCUT2D eigenvalue weighted by Crippen LogP contribution is -2.36. The molecule has 5 rings (SSSR count). The van der Waals surface area contributed by atoms with E-state index < -0.39 is 0 Å². The van der Waals surface area contributed by atoms with Gasteiger partial charge in [0, 0.05) is 36.6 Å². The lowest BCUT2D eigenvalue weighted by molar-refractivity contribution is -0.122. The molecule has 9 nitrogen and oxygen atoms in total. The average molecular weight is 489 g/mol. The van der Waals surface area contributed by atoms with Gasteiger partial charge in [0.25, 0.3) is 12.4 Å². The van der Waals surface area contributed by atoms with Gasteiger partial charge < -0.3 is 15.7 Å². The van der Waals surface area contributed by atoms with Gasteiger partial charge in [0.1, 0.15) is 11.5 Å². The molecule has 2 aliphatic rings. The van der Waals surface area contributed by atoms with Crippen molar-refractivity contribution in [1.82, 2.24) is 25.2 Å². The van der Waals surface area contributed by atoms with Crippen molar-refractivity contribution in [3.05, 3.63) is 71.7 Å². The number of carboxylic acid groups (broad SMARTS) is 1. The van der Waals surface area contributed by atoms with Gasteiger partial charge in [0.05, 0.1) is 6.04 Å². The van der Waals surface area contributed by atoms with E-state index in [1.54, 1.807) is 12.4 Å². The van der Waals surface area contributed by atoms with Gasteiger partial charge in [-0.05, 0) is 50.0 Å². The number of pyridine rings is 1. The minimum Gasteiger partial charge on any atom is -0.483 e. The molecule has 3 N–H and O–H groups in total. The highest BCUT2D eigenvalue weighted by atomic mass is 16.3. The number of benzene rings is 1. The average Bonchev–Trinajstić information content (AvgIpc) is 3.20. The van der Waals surface area contributed by atoms with E-state index in [1.807, 2.05) is 12.1 Å². The van der Waals surface area contributed by atoms with E-state index in [4.69, 9.17) is 14.9 Å². The first-order valence-corrected chi connectivity index (χ1v) is 12.4. The molecule has 0 spiro atoms. The lowest BCUT2D eigenvalue weighted by atomic mass is 10.0. The number of aromatic nitrogens is 3. The van der Waals surface area contributed by atoms with Crippen LogP contribution in [-0.2, 0) is 11.2 Å². The van der Waals surface area contributed by atoms with Gasteiger partial charge in [0.15, 0.2) is 5.82 Å². The molecule has 2 aromatic heterocycles. The number of fused-ring (bicyclic) bond motifs is 1. The molecular formula is C27H32N6O3. The molecule has 36 heavy (non-hydrogen) atoms. The third kappa shape index (κ3) is 6.23. The monoisotopic (exact) mass is 488 g/mol. The number of likely N-dealkylation sites (tertiary alicyclic amines) is 1. The second-order valence-corrected chi connectivity index (χ2v) is 8.83. The first kappa shape index (κ1) is 25.2. The molecule has 1 unspecified atom stereocenters. The van der Waals surface area contributed by atoms with Crippen LogP contribution in [0.25, 0.3) is 11.4 Å². The van der Waals surface area contributed by atoms with Crippen LogP contribution >= 0.6 is 0 Å². The first-order valence-electron chi connectivity index (χ1n) is 12.4. The Labute approximate surface area is 211 Å². The smallest absolute Gasteiger partial charge is 0.290 e. The second kappa shape index (κ2) is 12.7. The summed E-state index contributed by atoms with van der Waals surface area (Å²) in [7, 11) is 0. The Morgan fingerprint density at radius 2 is 1.81 bits per heavy atom. The highest BCUT2D eigenvalue weighted by Gasteiger charge is 2.26. The predicted molar refractivity (Wildman–Crippen MR) is 138 cm³/mol. The number of nitrogens with zero attached hydrogens (tertiary/aromatic N) is 4. The Bertz CT molecular complexity index is 1140. The van der Waals surface area contributed by atoms with Gasteiger partial charge in [-0.15, -0.1) is 0 Å². The minimum atomic E-state index is -0.250. The lowest BCUT2D eigenvalue weighted by Gasteiger charge is -2.32. The summed E-state index contributed by atoms with van der Waals surface area (Å²) in [6.45, 7) is 3.28. The van der Waals surface area contributed by atoms with E-state index in [9.17, 15) is 4.79 Å². The fourth-order valence-corrected chi connectivity index (χ4v) is 4.80. The standard InChI is InChI=1S/C26H30N6O.CH2O2/c33-26-23-21(12-14-28-26)25(31-24(30-23)20-11-8-13-27-17-20)29-18-22(19-9-4-3-5-10-19)32-15-6-1-2-7-16-32;2-1-3/h3-5,8-11,13,17,22H,1-2,6-7,12,14-16,18H2,(H,28,33)(H,29,30,31);1H,(H,2,3). The van der Waals surface area contributed by atoms with Crippen molar-refractivity contribution in [2.45, 2.75) is 38.1 Å². The quantitative estimate of drug-likeness (QED) is 0.451. The fraction of sp³-hybridized carbons (Fsp3) is 0.370. The summed E-state index contributed by atoms with van der Waals surface area (Å²) in [5.74, 6) is 1.14. The zero-order valence-corrected chi connectivity index (χ0v) is 20.3. The van der Waals surface area contributed by atoms with Gasteiger partial charge in [-0.25, -0.2) is 9.97 Å². The highest BCUT2D eigenvalue weighted by Crippen LogP contribution is 2.28. The number of carbonyl (C=O) groups is 2. The van der Waals surface area contributed by atoms with Crippen LogP contribution in [-0.4, -0.2) is 63.5 Å². The van der Waals surface area contributed by atoms with Crippen LogP contribution in [0.1, 0.15) is 53.3 Å². The summed E-state index contributed by atoms with van der Waals surface area (Å²) in [6, 6.07) is 14.7. The molecular weight excluding hydrogens is 456 g/mol. The van der Waals surface area contributed by atoms with Crippen molar-refractivity contribution in [2.75, 3.05) is 31.5 Å². The molecule has 1 atom stereocenters. The minimum absolute atomic E-state index is 0.140. The van der Waals surface area contributed by atoms with Crippen LogP contribution in [0.4, 0.5) is 5.82 Å². The van der Waals surface area contributed by atoms with Gasteiger partial charge in [0.2, 0.25) is 0 Å². The number of anilines is 1. The predicted octanol–water partition coefficient (Wildman–Crippen LogP) is 3.55. The second-order valence-electron chi connectivity index (χ2n) is 8.83. The van der Waals surface area contributed by atoms with Gasteiger partial charge >= 0.3 is 0 Å². The van der Waals surface area contributed by atoms with E-state index >= 15 is 0 Å². The maximum absolute atomic E-state index is 12.6. The summed E-state index contributed by atoms with van der Waals surface area (Å²) in [5, 5.41) is 13.4. The summed E-state index contributed by atoms with van der Waals surface area (Å²) < 4.78 is 0. The SMILES string of the molecule is O=C1NCCc2c(NCC(c3ccccc3)N3CCCCCC3)nc(-c3cccnc3)nc21.O=CO. The number of nitrogens with one attached hydrogen (secondary N) is 2. The summed E-state index contributed by atoms with van der Waals surface area (Å²) >= 11 is 0. The maximum atomic E-state index is 12.6. The zero-order valence-electron chi connectivity index (χ0n) is 20.3. The molecule has 1 amide bonds. The van der Waals surface area contributed by atoms with Crippen molar-refractivity contribution >= 4 is 18.2 Å². The fourth-order valence-electron chi connectivity index (χ4n) is 4.80. The van der Waals surface area contributed by atoms with Crippen LogP contribution in [0.15, 0.2) is 54.9 Å². The highest BCUT2D eigenvalue weighted by molar-refractivity contribution is 5.96. The largest absolute Gasteiger partial charge is 0.483 e. The number of carbonyl (C=O) groups excluding carboxylic acids is 1. The van der Waals surface area contributed by atoms with Gasteiger partial charge in [-0.2, -0.15) is 0 Å². The summed E-state index contributed by atoms with van der Waals surface area (Å²) in [5.41, 5.74) is 3.46. The van der Waals surface area contributed by atoms with E-state index in [1.165, 1.54) is 31.2 Å². The molecule has 3 aromatic rings. The molecule has 2 aliphatic heterocycles. The third-order valence-electron chi connectivity index (χ3n) is 6.53. The molecule has 1 aromatic carbocycles. The molecule has 1 saturated heterocycles. The molecule has 9 heteroatoms. The van der Waals surface area contributed by atoms with Crippen molar-refractivity contribution in [3.8, 4) is 11.4 Å². The van der Waals surface area contributed by atoms with E-state index in [0.717, 1.165) is 43.0 Å². The Balaban J connectivity index is 0.000000967. The third-order valence-corrected chi connectivity index (χ3v) is 6.53. The van der Waals surface area contributed by atoms with Crippen molar-refractivity contribution in [3.63, 3.8) is 0 Å². The molecule has 0 bridgehead atoms. The van der Waals surface area contributed by atoms with E-state index in [0.29, 0.717) is 18.1 Å². The Hall–Kier alpha value is -3.85.